The summed E-state index contributed by atoms with van der Waals surface area (Å²) in [6, 6.07) is -0.879. The summed E-state index contributed by atoms with van der Waals surface area (Å²) in [5.41, 5.74) is 1.68. The number of halogens is 8. The van der Waals surface area contributed by atoms with Gasteiger partial charge in [0, 0.05) is 11.8 Å². The van der Waals surface area contributed by atoms with Crippen LogP contribution in [0.15, 0.2) is 24.4 Å². The van der Waals surface area contributed by atoms with Gasteiger partial charge >= 0.3 is 18.4 Å². The molecule has 1 aliphatic rings. The summed E-state index contributed by atoms with van der Waals surface area (Å²) in [7, 11) is 0. The number of nitrogens with zero attached hydrogens (tertiary/aromatic N) is 3. The van der Waals surface area contributed by atoms with E-state index in [2.05, 4.69) is 15.3 Å². The zero-order chi connectivity index (χ0) is 24.0. The molecule has 32 heavy (non-hydrogen) atoms. The minimum Gasteiger partial charge on any atom is -0.368 e. The number of aromatic nitrogens is 2. The van der Waals surface area contributed by atoms with Crippen LogP contribution in [0.1, 0.15) is 28.7 Å². The van der Waals surface area contributed by atoms with Crippen molar-refractivity contribution < 1.29 is 35.9 Å². The minimum atomic E-state index is -4.96. The molecule has 3 rings (SSSR count). The molecule has 0 bridgehead atoms. The van der Waals surface area contributed by atoms with E-state index in [1.807, 2.05) is 0 Å². The largest absolute Gasteiger partial charge is 0.434 e. The number of alkyl halides is 6. The van der Waals surface area contributed by atoms with E-state index >= 15 is 0 Å². The van der Waals surface area contributed by atoms with Crippen LogP contribution in [0, 0.1) is 0 Å². The van der Waals surface area contributed by atoms with Gasteiger partial charge in [0.1, 0.15) is 12.1 Å². The van der Waals surface area contributed by atoms with Gasteiger partial charge in [0.25, 0.3) is 0 Å². The molecule has 1 aliphatic heterocycles. The molecule has 0 spiro atoms. The van der Waals surface area contributed by atoms with Gasteiger partial charge in [-0.05, 0) is 18.2 Å². The van der Waals surface area contributed by atoms with Crippen molar-refractivity contribution in [2.45, 2.75) is 24.4 Å². The minimum absolute atomic E-state index is 0.189. The maximum atomic E-state index is 13.3. The van der Waals surface area contributed by atoms with Crippen molar-refractivity contribution in [1.82, 2.24) is 20.2 Å². The van der Waals surface area contributed by atoms with Crippen LogP contribution in [0.3, 0.4) is 0 Å². The number of carbonyl (C=O) groups is 2. The highest BCUT2D eigenvalue weighted by Crippen LogP contribution is 2.39. The van der Waals surface area contributed by atoms with Crippen LogP contribution in [0.25, 0.3) is 0 Å². The summed E-state index contributed by atoms with van der Waals surface area (Å²) < 4.78 is 78.9. The van der Waals surface area contributed by atoms with Crippen LogP contribution in [0.5, 0.6) is 0 Å². The van der Waals surface area contributed by atoms with Crippen LogP contribution in [-0.4, -0.2) is 39.4 Å². The van der Waals surface area contributed by atoms with Crippen LogP contribution in [0.4, 0.5) is 31.1 Å². The molecule has 0 aliphatic carbocycles. The number of nitrogens with one attached hydrogen (secondary N) is 1. The normalized spacial score (nSPS) is 17.9. The lowest BCUT2D eigenvalue weighted by molar-refractivity contribution is -0.142. The zero-order valence-electron chi connectivity index (χ0n) is 15.4. The van der Waals surface area contributed by atoms with Crippen molar-refractivity contribution in [3.63, 3.8) is 0 Å². The predicted octanol–water partition coefficient (Wildman–Crippen LogP) is 3.79. The molecule has 7 nitrogen and oxygen atoms in total. The summed E-state index contributed by atoms with van der Waals surface area (Å²) >= 11 is 11.3. The molecule has 3 amide bonds. The maximum Gasteiger partial charge on any atom is 0.434 e. The van der Waals surface area contributed by atoms with E-state index in [4.69, 9.17) is 28.9 Å². The lowest BCUT2D eigenvalue weighted by Crippen LogP contribution is -2.39. The highest BCUT2D eigenvalue weighted by Gasteiger charge is 2.42. The Kier molecular flexibility index (Phi) is 6.17. The van der Waals surface area contributed by atoms with E-state index in [0.29, 0.717) is 6.20 Å². The number of amides is 3. The molecule has 15 heteroatoms. The van der Waals surface area contributed by atoms with E-state index in [1.165, 1.54) is 0 Å². The van der Waals surface area contributed by atoms with E-state index in [1.54, 1.807) is 0 Å². The molecule has 1 fully saturated rings. The van der Waals surface area contributed by atoms with Crippen molar-refractivity contribution in [2.24, 2.45) is 5.73 Å². The van der Waals surface area contributed by atoms with Gasteiger partial charge in [0.05, 0.1) is 22.3 Å². The Morgan fingerprint density at radius 2 is 1.75 bits per heavy atom. The molecule has 0 aromatic carbocycles. The Labute approximate surface area is 185 Å². The SMILES string of the molecule is NC(=O)C1CN([C@H](c2cnc(C(F)(F)F)c(Cl)c2)c2ccc(Cl)c(C(F)(F)F)n2)C(=O)N1. The van der Waals surface area contributed by atoms with Crippen LogP contribution < -0.4 is 11.1 Å². The van der Waals surface area contributed by atoms with Crippen molar-refractivity contribution in [3.05, 3.63) is 57.1 Å². The van der Waals surface area contributed by atoms with Crippen molar-refractivity contribution in [2.75, 3.05) is 6.54 Å². The fourth-order valence-corrected chi connectivity index (χ4v) is 3.56. The van der Waals surface area contributed by atoms with Crippen LogP contribution in [-0.2, 0) is 17.1 Å². The molecule has 2 aromatic rings. The topological polar surface area (TPSA) is 101 Å². The first-order chi connectivity index (χ1) is 14.7. The Bertz CT molecular complexity index is 1080. The van der Waals surface area contributed by atoms with Crippen molar-refractivity contribution in [1.29, 1.82) is 0 Å². The Hall–Kier alpha value is -2.80. The van der Waals surface area contributed by atoms with Gasteiger partial charge in [-0.2, -0.15) is 26.3 Å². The summed E-state index contributed by atoms with van der Waals surface area (Å²) in [4.78, 5) is 31.5. The third kappa shape index (κ3) is 4.67. The summed E-state index contributed by atoms with van der Waals surface area (Å²) in [5.74, 6) is -0.928. The van der Waals surface area contributed by atoms with Crippen LogP contribution >= 0.6 is 23.2 Å². The van der Waals surface area contributed by atoms with E-state index < -0.39 is 70.0 Å². The molecule has 2 atom stereocenters. The van der Waals surface area contributed by atoms with Gasteiger partial charge in [0.2, 0.25) is 5.91 Å². The van der Waals surface area contributed by atoms with E-state index in [0.717, 1.165) is 23.1 Å². The van der Waals surface area contributed by atoms with Gasteiger partial charge in [-0.3, -0.25) is 4.79 Å². The zero-order valence-corrected chi connectivity index (χ0v) is 16.9. The highest BCUT2D eigenvalue weighted by atomic mass is 35.5. The predicted molar refractivity (Wildman–Crippen MR) is 98.6 cm³/mol. The Morgan fingerprint density at radius 3 is 2.25 bits per heavy atom. The number of primary amides is 1. The molecule has 0 saturated carbocycles. The van der Waals surface area contributed by atoms with Crippen molar-refractivity contribution >= 4 is 35.1 Å². The Balaban J connectivity index is 2.17. The average Bonchev–Trinajstić information content (AvgIpc) is 3.03. The first-order valence-corrected chi connectivity index (χ1v) is 9.28. The summed E-state index contributed by atoms with van der Waals surface area (Å²) in [5, 5.41) is 0.650. The molecule has 1 saturated heterocycles. The van der Waals surface area contributed by atoms with E-state index in [-0.39, 0.29) is 5.56 Å². The van der Waals surface area contributed by atoms with Gasteiger partial charge in [-0.15, -0.1) is 0 Å². The second-order valence-electron chi connectivity index (χ2n) is 6.62. The summed E-state index contributed by atoms with van der Waals surface area (Å²) in [6.07, 6.45) is -9.15. The average molecular weight is 502 g/mol. The number of nitrogens with two attached hydrogens (primary N) is 1. The number of rotatable bonds is 4. The fraction of sp³-hybridized carbons (Fsp3) is 0.294. The number of pyridine rings is 2. The molecular formula is C17H11Cl2F6N5O2. The highest BCUT2D eigenvalue weighted by molar-refractivity contribution is 6.31. The number of urea groups is 1. The lowest BCUT2D eigenvalue weighted by Gasteiger charge is -2.28. The van der Waals surface area contributed by atoms with Gasteiger partial charge < -0.3 is 16.0 Å². The molecular weight excluding hydrogens is 491 g/mol. The second kappa shape index (κ2) is 8.28. The number of hydrogen-bond acceptors (Lipinski definition) is 4. The molecule has 172 valence electrons. The molecule has 1 unspecified atom stereocenters. The van der Waals surface area contributed by atoms with Gasteiger partial charge in [-0.25, -0.2) is 14.8 Å². The molecule has 3 N–H and O–H groups in total. The number of hydrogen-bond donors (Lipinski definition) is 2. The maximum absolute atomic E-state index is 13.3. The third-order valence-electron chi connectivity index (χ3n) is 4.46. The standard InChI is InChI=1S/C17H11Cl2F6N5O2/c18-7-1-2-9(28-13(7)17(23,24)25)11(30-5-10(14(26)31)29-15(30)32)6-3-8(19)12(27-4-6)16(20,21)22/h1-4,10-11H,5H2,(H2,26,31)(H,29,32)/t10?,11-/m1/s1. The molecule has 0 radical (unpaired) electrons. The third-order valence-corrected chi connectivity index (χ3v) is 5.05. The number of carbonyl (C=O) groups excluding carboxylic acids is 2. The van der Waals surface area contributed by atoms with E-state index in [9.17, 15) is 35.9 Å². The smallest absolute Gasteiger partial charge is 0.368 e. The van der Waals surface area contributed by atoms with Gasteiger partial charge in [0.15, 0.2) is 11.4 Å². The van der Waals surface area contributed by atoms with Gasteiger partial charge in [-0.1, -0.05) is 23.2 Å². The van der Waals surface area contributed by atoms with Crippen molar-refractivity contribution in [3.8, 4) is 0 Å². The van der Waals surface area contributed by atoms with Crippen LogP contribution in [0.2, 0.25) is 10.0 Å². The molecule has 2 aromatic heterocycles. The summed E-state index contributed by atoms with van der Waals surface area (Å²) in [6.45, 7) is -0.400. The quantitative estimate of drug-likeness (QED) is 0.622. The second-order valence-corrected chi connectivity index (χ2v) is 7.43. The monoisotopic (exact) mass is 501 g/mol. The molecule has 3 heterocycles. The first-order valence-electron chi connectivity index (χ1n) is 8.53. The Morgan fingerprint density at radius 1 is 1.12 bits per heavy atom. The first kappa shape index (κ1) is 23.9. The fourth-order valence-electron chi connectivity index (χ4n) is 3.07. The lowest BCUT2D eigenvalue weighted by atomic mass is 10.0.